The number of esters is 1. The Labute approximate surface area is 100 Å². The minimum atomic E-state index is -3.28. The average molecular weight is 264 g/mol. The van der Waals surface area contributed by atoms with E-state index in [1.165, 1.54) is 0 Å². The zero-order valence-corrected chi connectivity index (χ0v) is 10.9. The first-order valence-corrected chi connectivity index (χ1v) is 7.08. The molecule has 0 aromatic carbocycles. The molecular formula is C10H17O6P. The van der Waals surface area contributed by atoms with Crippen molar-refractivity contribution < 1.29 is 27.7 Å². The van der Waals surface area contributed by atoms with Gasteiger partial charge in [0.2, 0.25) is 0 Å². The van der Waals surface area contributed by atoms with Crippen LogP contribution in [0.4, 0.5) is 0 Å². The fourth-order valence-corrected chi connectivity index (χ4v) is 3.16. The van der Waals surface area contributed by atoms with E-state index in [0.717, 1.165) is 0 Å². The van der Waals surface area contributed by atoms with Crippen LogP contribution in [0.25, 0.3) is 0 Å². The standard InChI is InChI=1S/C10H17O6P/c1-8(2)3-9(11)13-4-10-5-14-17(12,15-6-10)16-7-10/h8H,3-7H2,1-2H3. The Balaban J connectivity index is 1.83. The van der Waals surface area contributed by atoms with E-state index in [1.807, 2.05) is 13.8 Å². The minimum Gasteiger partial charge on any atom is -0.465 e. The molecule has 0 N–H and O–H groups in total. The van der Waals surface area contributed by atoms with Crippen molar-refractivity contribution in [1.29, 1.82) is 0 Å². The molecule has 98 valence electrons. The first kappa shape index (κ1) is 13.0. The summed E-state index contributed by atoms with van der Waals surface area (Å²) in [5.41, 5.74) is -0.501. The number of ether oxygens (including phenoxy) is 1. The fraction of sp³-hybridized carbons (Fsp3) is 0.900. The van der Waals surface area contributed by atoms with Crippen molar-refractivity contribution >= 4 is 13.8 Å². The maximum Gasteiger partial charge on any atom is 0.474 e. The summed E-state index contributed by atoms with van der Waals surface area (Å²) in [4.78, 5) is 11.4. The van der Waals surface area contributed by atoms with Crippen LogP contribution in [0.2, 0.25) is 0 Å². The second-order valence-corrected chi connectivity index (χ2v) is 6.70. The van der Waals surface area contributed by atoms with Gasteiger partial charge in [0.1, 0.15) is 6.61 Å². The number of carbonyl (C=O) groups excluding carboxylic acids is 1. The second kappa shape index (κ2) is 4.69. The van der Waals surface area contributed by atoms with Crippen LogP contribution in [-0.4, -0.2) is 32.4 Å². The first-order chi connectivity index (χ1) is 7.93. The molecule has 17 heavy (non-hydrogen) atoms. The molecule has 0 amide bonds. The van der Waals surface area contributed by atoms with Gasteiger partial charge in [-0.15, -0.1) is 0 Å². The summed E-state index contributed by atoms with van der Waals surface area (Å²) in [5.74, 6) is 0.0235. The monoisotopic (exact) mass is 264 g/mol. The molecule has 7 heteroatoms. The maximum atomic E-state index is 11.5. The number of hydrogen-bond acceptors (Lipinski definition) is 6. The Morgan fingerprint density at radius 1 is 1.29 bits per heavy atom. The quantitative estimate of drug-likeness (QED) is 0.569. The predicted octanol–water partition coefficient (Wildman–Crippen LogP) is 1.75. The number of phosphoric ester groups is 1. The fourth-order valence-electron chi connectivity index (χ4n) is 1.64. The van der Waals surface area contributed by atoms with Gasteiger partial charge in [0.15, 0.2) is 0 Å². The summed E-state index contributed by atoms with van der Waals surface area (Å²) >= 11 is 0. The molecule has 0 aliphatic carbocycles. The topological polar surface area (TPSA) is 71.1 Å². The largest absolute Gasteiger partial charge is 0.474 e. The molecule has 0 aromatic heterocycles. The molecule has 3 aliphatic heterocycles. The number of carbonyl (C=O) groups is 1. The second-order valence-electron chi connectivity index (χ2n) is 5.03. The lowest BCUT2D eigenvalue weighted by Gasteiger charge is -2.43. The maximum absolute atomic E-state index is 11.5. The van der Waals surface area contributed by atoms with Crippen LogP contribution in [0.1, 0.15) is 20.3 Å². The molecule has 3 saturated heterocycles. The van der Waals surface area contributed by atoms with Gasteiger partial charge in [-0.1, -0.05) is 13.8 Å². The molecule has 2 bridgehead atoms. The van der Waals surface area contributed by atoms with Crippen molar-refractivity contribution in [2.24, 2.45) is 11.3 Å². The molecule has 3 aliphatic rings. The average Bonchev–Trinajstić information content (AvgIpc) is 2.28. The van der Waals surface area contributed by atoms with Crippen molar-refractivity contribution in [1.82, 2.24) is 0 Å². The van der Waals surface area contributed by atoms with Crippen LogP contribution in [0.15, 0.2) is 0 Å². The zero-order chi connectivity index (χ0) is 12.5. The summed E-state index contributed by atoms with van der Waals surface area (Å²) in [6.45, 7) is 4.83. The van der Waals surface area contributed by atoms with Gasteiger partial charge in [0.25, 0.3) is 0 Å². The molecule has 0 saturated carbocycles. The summed E-state index contributed by atoms with van der Waals surface area (Å²) in [6, 6.07) is 0. The van der Waals surface area contributed by atoms with Crippen LogP contribution in [-0.2, 0) is 27.7 Å². The number of hydrogen-bond donors (Lipinski definition) is 0. The van der Waals surface area contributed by atoms with Gasteiger partial charge >= 0.3 is 13.8 Å². The molecule has 0 aromatic rings. The lowest BCUT2D eigenvalue weighted by atomic mass is 9.92. The third-order valence-corrected chi connectivity index (χ3v) is 4.04. The highest BCUT2D eigenvalue weighted by atomic mass is 31.2. The molecule has 3 fully saturated rings. The van der Waals surface area contributed by atoms with E-state index in [2.05, 4.69) is 0 Å². The van der Waals surface area contributed by atoms with Gasteiger partial charge in [-0.3, -0.25) is 18.4 Å². The summed E-state index contributed by atoms with van der Waals surface area (Å²) in [7, 11) is -3.28. The lowest BCUT2D eigenvalue weighted by molar-refractivity contribution is -0.160. The van der Waals surface area contributed by atoms with Gasteiger partial charge < -0.3 is 4.74 Å². The number of rotatable bonds is 4. The Morgan fingerprint density at radius 3 is 2.29 bits per heavy atom. The first-order valence-electron chi connectivity index (χ1n) is 5.62. The lowest BCUT2D eigenvalue weighted by Crippen LogP contribution is -2.48. The zero-order valence-electron chi connectivity index (χ0n) is 10.0. The summed E-state index contributed by atoms with van der Waals surface area (Å²) in [5, 5.41) is 0. The Hall–Kier alpha value is -0.420. The highest BCUT2D eigenvalue weighted by Gasteiger charge is 2.51. The van der Waals surface area contributed by atoms with Gasteiger partial charge in [-0.05, 0) is 5.92 Å². The van der Waals surface area contributed by atoms with Crippen LogP contribution in [0, 0.1) is 11.3 Å². The van der Waals surface area contributed by atoms with E-state index in [0.29, 0.717) is 6.42 Å². The Bertz CT molecular complexity index is 321. The summed E-state index contributed by atoms with van der Waals surface area (Å²) in [6.07, 6.45) is 0.386. The van der Waals surface area contributed by atoms with Gasteiger partial charge in [-0.25, -0.2) is 4.57 Å². The molecule has 0 spiro atoms. The molecule has 6 nitrogen and oxygen atoms in total. The normalized spacial score (nSPS) is 36.2. The van der Waals surface area contributed by atoms with E-state index in [9.17, 15) is 9.36 Å². The van der Waals surface area contributed by atoms with Crippen molar-refractivity contribution in [3.63, 3.8) is 0 Å². The van der Waals surface area contributed by atoms with Crippen LogP contribution in [0.5, 0.6) is 0 Å². The van der Waals surface area contributed by atoms with Crippen LogP contribution >= 0.6 is 7.82 Å². The van der Waals surface area contributed by atoms with Crippen molar-refractivity contribution in [2.75, 3.05) is 26.4 Å². The van der Waals surface area contributed by atoms with E-state index in [4.69, 9.17) is 18.3 Å². The SMILES string of the molecule is CC(C)CC(=O)OCC12COP(=O)(OC1)OC2. The molecular weight excluding hydrogens is 247 g/mol. The van der Waals surface area contributed by atoms with Gasteiger partial charge in [-0.2, -0.15) is 0 Å². The van der Waals surface area contributed by atoms with Crippen LogP contribution < -0.4 is 0 Å². The molecule has 0 unspecified atom stereocenters. The molecule has 0 atom stereocenters. The van der Waals surface area contributed by atoms with Gasteiger partial charge in [0, 0.05) is 6.42 Å². The molecule has 0 radical (unpaired) electrons. The molecule has 3 heterocycles. The third-order valence-electron chi connectivity index (χ3n) is 2.70. The van der Waals surface area contributed by atoms with E-state index in [-0.39, 0.29) is 38.3 Å². The third kappa shape index (κ3) is 3.07. The van der Waals surface area contributed by atoms with Crippen molar-refractivity contribution in [2.45, 2.75) is 20.3 Å². The van der Waals surface area contributed by atoms with Crippen LogP contribution in [0.3, 0.4) is 0 Å². The van der Waals surface area contributed by atoms with Crippen molar-refractivity contribution in [3.8, 4) is 0 Å². The smallest absolute Gasteiger partial charge is 0.465 e. The minimum absolute atomic E-state index is 0.179. The highest BCUT2D eigenvalue weighted by molar-refractivity contribution is 7.48. The number of fused-ring (bicyclic) bond motifs is 3. The highest BCUT2D eigenvalue weighted by Crippen LogP contribution is 2.59. The Kier molecular flexibility index (Phi) is 3.59. The number of phosphoric acid groups is 1. The van der Waals surface area contributed by atoms with E-state index < -0.39 is 13.2 Å². The summed E-state index contributed by atoms with van der Waals surface area (Å²) < 4.78 is 31.7. The molecule has 3 rings (SSSR count). The van der Waals surface area contributed by atoms with Crippen molar-refractivity contribution in [3.05, 3.63) is 0 Å². The Morgan fingerprint density at radius 2 is 1.82 bits per heavy atom. The van der Waals surface area contributed by atoms with E-state index in [1.54, 1.807) is 0 Å². The van der Waals surface area contributed by atoms with Gasteiger partial charge in [0.05, 0.1) is 25.2 Å². The predicted molar refractivity (Wildman–Crippen MR) is 58.3 cm³/mol. The van der Waals surface area contributed by atoms with E-state index >= 15 is 0 Å².